The van der Waals surface area contributed by atoms with Gasteiger partial charge in [0.05, 0.1) is 17.6 Å². The number of aryl methyl sites for hydroxylation is 1. The van der Waals surface area contributed by atoms with Crippen LogP contribution < -0.4 is 10.5 Å². The van der Waals surface area contributed by atoms with Crippen molar-refractivity contribution in [1.29, 1.82) is 0 Å². The van der Waals surface area contributed by atoms with E-state index < -0.39 is 10.0 Å². The number of nitrogens with two attached hydrogens (primary N) is 1. The van der Waals surface area contributed by atoms with E-state index in [0.29, 0.717) is 17.8 Å². The van der Waals surface area contributed by atoms with E-state index in [1.807, 2.05) is 6.92 Å². The molecule has 0 bridgehead atoms. The minimum atomic E-state index is -3.58. The Morgan fingerprint density at radius 3 is 2.75 bits per heavy atom. The Morgan fingerprint density at radius 1 is 1.35 bits per heavy atom. The molecule has 2 aromatic rings. The van der Waals surface area contributed by atoms with Gasteiger partial charge in [-0.15, -0.1) is 5.10 Å². The molecule has 3 N–H and O–H groups in total. The second-order valence-corrected chi connectivity index (χ2v) is 6.26. The summed E-state index contributed by atoms with van der Waals surface area (Å²) in [6.07, 6.45) is 3.21. The zero-order chi connectivity index (χ0) is 14.8. The molecular formula is C12H17N5O2S. The Hall–Kier alpha value is -1.93. The Bertz CT molecular complexity index is 695. The topological polar surface area (TPSA) is 103 Å². The molecule has 0 aliphatic heterocycles. The Labute approximate surface area is 117 Å². The summed E-state index contributed by atoms with van der Waals surface area (Å²) in [7, 11) is -3.58. The van der Waals surface area contributed by atoms with E-state index in [0.717, 1.165) is 5.56 Å². The van der Waals surface area contributed by atoms with Crippen molar-refractivity contribution < 1.29 is 8.42 Å². The molecule has 0 aliphatic rings. The Kier molecular flexibility index (Phi) is 4.05. The zero-order valence-electron chi connectivity index (χ0n) is 11.4. The van der Waals surface area contributed by atoms with Gasteiger partial charge in [-0.05, 0) is 37.1 Å². The van der Waals surface area contributed by atoms with Crippen molar-refractivity contribution in [3.05, 3.63) is 35.7 Å². The van der Waals surface area contributed by atoms with Gasteiger partial charge < -0.3 is 5.73 Å². The predicted molar refractivity (Wildman–Crippen MR) is 75.5 cm³/mol. The van der Waals surface area contributed by atoms with Crippen LogP contribution in [0.2, 0.25) is 0 Å². The minimum Gasteiger partial charge on any atom is -0.399 e. The first-order valence-corrected chi connectivity index (χ1v) is 7.59. The van der Waals surface area contributed by atoms with Gasteiger partial charge >= 0.3 is 0 Å². The first-order valence-electron chi connectivity index (χ1n) is 6.10. The fraction of sp³-hybridized carbons (Fsp3) is 0.333. The third kappa shape index (κ3) is 3.14. The number of benzene rings is 1. The van der Waals surface area contributed by atoms with Crippen LogP contribution in [0.4, 0.5) is 5.69 Å². The third-order valence-corrected chi connectivity index (χ3v) is 4.62. The SMILES string of the molecule is Cc1cc(N)cc(S(=O)(=O)NCCn2ccnn2)c1C. The summed E-state index contributed by atoms with van der Waals surface area (Å²) in [6.45, 7) is 4.25. The van der Waals surface area contributed by atoms with Crippen LogP contribution in [-0.2, 0) is 16.6 Å². The summed E-state index contributed by atoms with van der Waals surface area (Å²) in [5, 5.41) is 7.42. The highest BCUT2D eigenvalue weighted by Gasteiger charge is 2.18. The van der Waals surface area contributed by atoms with Crippen LogP contribution in [0.1, 0.15) is 11.1 Å². The van der Waals surface area contributed by atoms with Gasteiger partial charge in [-0.25, -0.2) is 13.1 Å². The van der Waals surface area contributed by atoms with Crippen molar-refractivity contribution in [2.24, 2.45) is 0 Å². The highest BCUT2D eigenvalue weighted by atomic mass is 32.2. The molecule has 20 heavy (non-hydrogen) atoms. The molecule has 108 valence electrons. The second-order valence-electron chi connectivity index (χ2n) is 4.52. The van der Waals surface area contributed by atoms with E-state index in [9.17, 15) is 8.42 Å². The van der Waals surface area contributed by atoms with Crippen LogP contribution in [0, 0.1) is 13.8 Å². The molecule has 0 saturated heterocycles. The molecule has 0 amide bonds. The number of sulfonamides is 1. The van der Waals surface area contributed by atoms with Crippen molar-refractivity contribution in [3.63, 3.8) is 0 Å². The van der Waals surface area contributed by atoms with Crippen molar-refractivity contribution in [1.82, 2.24) is 19.7 Å². The first-order chi connectivity index (χ1) is 9.40. The number of hydrogen-bond acceptors (Lipinski definition) is 5. The first kappa shape index (κ1) is 14.5. The maximum atomic E-state index is 12.3. The molecule has 0 aliphatic carbocycles. The molecule has 7 nitrogen and oxygen atoms in total. The average Bonchev–Trinajstić information content (AvgIpc) is 2.86. The summed E-state index contributed by atoms with van der Waals surface area (Å²) in [5.74, 6) is 0. The van der Waals surface area contributed by atoms with Crippen LogP contribution in [0.5, 0.6) is 0 Å². The van der Waals surface area contributed by atoms with Crippen LogP contribution >= 0.6 is 0 Å². The molecule has 0 unspecified atom stereocenters. The van der Waals surface area contributed by atoms with E-state index in [-0.39, 0.29) is 11.4 Å². The average molecular weight is 295 g/mol. The lowest BCUT2D eigenvalue weighted by Gasteiger charge is -2.12. The number of aromatic nitrogens is 3. The molecule has 0 spiro atoms. The molecule has 0 atom stereocenters. The zero-order valence-corrected chi connectivity index (χ0v) is 12.2. The monoisotopic (exact) mass is 295 g/mol. The van der Waals surface area contributed by atoms with Gasteiger partial charge in [-0.3, -0.25) is 4.68 Å². The van der Waals surface area contributed by atoms with Crippen molar-refractivity contribution in [2.75, 3.05) is 12.3 Å². The molecule has 1 aromatic heterocycles. The van der Waals surface area contributed by atoms with Crippen LogP contribution in [0.3, 0.4) is 0 Å². The Morgan fingerprint density at radius 2 is 2.10 bits per heavy atom. The largest absolute Gasteiger partial charge is 0.399 e. The molecular weight excluding hydrogens is 278 g/mol. The normalized spacial score (nSPS) is 11.7. The van der Waals surface area contributed by atoms with Gasteiger partial charge in [0.25, 0.3) is 0 Å². The smallest absolute Gasteiger partial charge is 0.240 e. The van der Waals surface area contributed by atoms with Crippen molar-refractivity contribution in [3.8, 4) is 0 Å². The van der Waals surface area contributed by atoms with Gasteiger partial charge in [-0.2, -0.15) is 0 Å². The summed E-state index contributed by atoms with van der Waals surface area (Å²) in [5.41, 5.74) is 7.70. The number of hydrogen-bond donors (Lipinski definition) is 2. The maximum Gasteiger partial charge on any atom is 0.240 e. The summed E-state index contributed by atoms with van der Waals surface area (Å²) in [4.78, 5) is 0.216. The van der Waals surface area contributed by atoms with Gasteiger partial charge in [0, 0.05) is 18.4 Å². The van der Waals surface area contributed by atoms with Crippen LogP contribution in [-0.4, -0.2) is 30.0 Å². The fourth-order valence-corrected chi connectivity index (χ4v) is 3.23. The number of nitrogens with one attached hydrogen (secondary N) is 1. The van der Waals surface area contributed by atoms with Gasteiger partial charge in [-0.1, -0.05) is 5.21 Å². The highest BCUT2D eigenvalue weighted by Crippen LogP contribution is 2.21. The highest BCUT2D eigenvalue weighted by molar-refractivity contribution is 7.89. The molecule has 1 aromatic carbocycles. The minimum absolute atomic E-state index is 0.216. The molecule has 0 radical (unpaired) electrons. The number of nitrogen functional groups attached to an aromatic ring is 1. The number of rotatable bonds is 5. The van der Waals surface area contributed by atoms with Crippen LogP contribution in [0.15, 0.2) is 29.4 Å². The van der Waals surface area contributed by atoms with Gasteiger partial charge in [0.2, 0.25) is 10.0 Å². The fourth-order valence-electron chi connectivity index (χ4n) is 1.86. The number of anilines is 1. The quantitative estimate of drug-likeness (QED) is 0.780. The van der Waals surface area contributed by atoms with Crippen LogP contribution in [0.25, 0.3) is 0 Å². The lowest BCUT2D eigenvalue weighted by Crippen LogP contribution is -2.28. The summed E-state index contributed by atoms with van der Waals surface area (Å²) < 4.78 is 28.6. The third-order valence-electron chi connectivity index (χ3n) is 3.04. The molecule has 1 heterocycles. The van der Waals surface area contributed by atoms with Crippen molar-refractivity contribution >= 4 is 15.7 Å². The van der Waals surface area contributed by atoms with E-state index in [4.69, 9.17) is 5.73 Å². The summed E-state index contributed by atoms with van der Waals surface area (Å²) >= 11 is 0. The lowest BCUT2D eigenvalue weighted by atomic mass is 10.1. The molecule has 0 fully saturated rings. The van der Waals surface area contributed by atoms with Crippen molar-refractivity contribution in [2.45, 2.75) is 25.3 Å². The number of nitrogens with zero attached hydrogens (tertiary/aromatic N) is 3. The predicted octanol–water partition coefficient (Wildman–Crippen LogP) is 0.456. The molecule has 2 rings (SSSR count). The lowest BCUT2D eigenvalue weighted by molar-refractivity contribution is 0.552. The maximum absolute atomic E-state index is 12.3. The summed E-state index contributed by atoms with van der Waals surface area (Å²) in [6, 6.07) is 3.23. The van der Waals surface area contributed by atoms with E-state index in [2.05, 4.69) is 15.0 Å². The standard InChI is InChI=1S/C12H17N5O2S/c1-9-7-11(13)8-12(10(9)2)20(18,19)15-4-6-17-5-3-14-16-17/h3,5,7-8,15H,4,6,13H2,1-2H3. The van der Waals surface area contributed by atoms with E-state index in [1.54, 1.807) is 30.1 Å². The molecule has 0 saturated carbocycles. The van der Waals surface area contributed by atoms with E-state index >= 15 is 0 Å². The Balaban J connectivity index is 2.14. The van der Waals surface area contributed by atoms with Gasteiger partial charge in [0.1, 0.15) is 0 Å². The van der Waals surface area contributed by atoms with Gasteiger partial charge in [0.15, 0.2) is 0 Å². The van der Waals surface area contributed by atoms with E-state index in [1.165, 1.54) is 6.07 Å². The molecule has 8 heteroatoms. The second kappa shape index (κ2) is 5.59.